The van der Waals surface area contributed by atoms with Crippen LogP contribution in [0, 0.1) is 0 Å². The van der Waals surface area contributed by atoms with Gasteiger partial charge in [0.1, 0.15) is 5.82 Å². The van der Waals surface area contributed by atoms with Crippen molar-refractivity contribution in [2.45, 2.75) is 0 Å². The van der Waals surface area contributed by atoms with Gasteiger partial charge in [0.15, 0.2) is 0 Å². The van der Waals surface area contributed by atoms with E-state index in [0.717, 1.165) is 32.4 Å². The topological polar surface area (TPSA) is 37.0 Å². The molecule has 1 heterocycles. The van der Waals surface area contributed by atoms with Crippen LogP contribution in [0.15, 0.2) is 71.2 Å². The molecule has 140 valence electrons. The molecule has 4 aromatic rings. The maximum absolute atomic E-state index is 6.28. The van der Waals surface area contributed by atoms with Crippen LogP contribution in [0.1, 0.15) is 0 Å². The highest BCUT2D eigenvalue weighted by Crippen LogP contribution is 2.35. The SMILES string of the molecule is Clc1ccc(Nc2cc(Nc3ccccc3Cl)nc3c(Br)cccc23)cc1Cl. The Labute approximate surface area is 185 Å². The quantitative estimate of drug-likeness (QED) is 0.299. The summed E-state index contributed by atoms with van der Waals surface area (Å²) < 4.78 is 0.894. The molecular weight excluding hydrogens is 481 g/mol. The van der Waals surface area contributed by atoms with E-state index in [1.54, 1.807) is 12.1 Å². The van der Waals surface area contributed by atoms with Crippen LogP contribution in [-0.4, -0.2) is 4.98 Å². The number of nitrogens with one attached hydrogen (secondary N) is 2. The molecule has 2 N–H and O–H groups in total. The average molecular weight is 494 g/mol. The number of benzene rings is 3. The second kappa shape index (κ2) is 8.18. The lowest BCUT2D eigenvalue weighted by atomic mass is 10.1. The van der Waals surface area contributed by atoms with Crippen LogP contribution in [-0.2, 0) is 0 Å². The van der Waals surface area contributed by atoms with Gasteiger partial charge in [-0.3, -0.25) is 0 Å². The third-order valence-corrected chi connectivity index (χ3v) is 5.83. The Balaban J connectivity index is 1.80. The largest absolute Gasteiger partial charge is 0.355 e. The van der Waals surface area contributed by atoms with E-state index < -0.39 is 0 Å². The van der Waals surface area contributed by atoms with Crippen molar-refractivity contribution in [1.82, 2.24) is 4.98 Å². The maximum atomic E-state index is 6.28. The van der Waals surface area contributed by atoms with E-state index in [4.69, 9.17) is 39.8 Å². The van der Waals surface area contributed by atoms with Gasteiger partial charge in [-0.1, -0.05) is 59.1 Å². The van der Waals surface area contributed by atoms with Crippen molar-refractivity contribution >= 4 is 84.5 Å². The standard InChI is InChI=1S/C21H13BrCl3N3/c22-14-5-3-4-13-19(26-12-8-9-15(23)17(25)10-12)11-20(28-21(13)14)27-18-7-2-1-6-16(18)24/h1-11H,(H2,26,27,28). The molecule has 0 radical (unpaired) electrons. The highest BCUT2D eigenvalue weighted by molar-refractivity contribution is 9.10. The van der Waals surface area contributed by atoms with Gasteiger partial charge in [0, 0.05) is 21.6 Å². The number of nitrogens with zero attached hydrogens (tertiary/aromatic N) is 1. The molecule has 0 aliphatic heterocycles. The fourth-order valence-corrected chi connectivity index (χ4v) is 3.75. The summed E-state index contributed by atoms with van der Waals surface area (Å²) in [6.45, 7) is 0. The number of halogens is 4. The van der Waals surface area contributed by atoms with E-state index in [2.05, 4.69) is 26.6 Å². The number of hydrogen-bond donors (Lipinski definition) is 2. The molecule has 0 saturated heterocycles. The molecule has 0 fully saturated rings. The molecule has 0 aliphatic rings. The predicted octanol–water partition coefficient (Wildman–Crippen LogP) is 8.44. The molecule has 4 rings (SSSR count). The first kappa shape index (κ1) is 19.3. The smallest absolute Gasteiger partial charge is 0.133 e. The summed E-state index contributed by atoms with van der Waals surface area (Å²) in [5, 5.41) is 9.27. The Morgan fingerprint density at radius 1 is 0.714 bits per heavy atom. The summed E-state index contributed by atoms with van der Waals surface area (Å²) in [4.78, 5) is 4.74. The van der Waals surface area contributed by atoms with E-state index in [1.807, 2.05) is 54.6 Å². The highest BCUT2D eigenvalue weighted by atomic mass is 79.9. The van der Waals surface area contributed by atoms with Crippen LogP contribution in [0.2, 0.25) is 15.1 Å². The summed E-state index contributed by atoms with van der Waals surface area (Å²) in [6.07, 6.45) is 0. The minimum Gasteiger partial charge on any atom is -0.355 e. The lowest BCUT2D eigenvalue weighted by Crippen LogP contribution is -1.99. The number of fused-ring (bicyclic) bond motifs is 1. The molecule has 3 aromatic carbocycles. The third-order valence-electron chi connectivity index (χ3n) is 4.13. The molecule has 28 heavy (non-hydrogen) atoms. The zero-order valence-corrected chi connectivity index (χ0v) is 18.2. The third kappa shape index (κ3) is 4.06. The van der Waals surface area contributed by atoms with Crippen molar-refractivity contribution in [3.05, 3.63) is 86.3 Å². The Bertz CT molecular complexity index is 1180. The first-order valence-corrected chi connectivity index (χ1v) is 10.3. The van der Waals surface area contributed by atoms with E-state index in [-0.39, 0.29) is 0 Å². The summed E-state index contributed by atoms with van der Waals surface area (Å²) >= 11 is 22.1. The van der Waals surface area contributed by atoms with Crippen molar-refractivity contribution < 1.29 is 0 Å². The molecule has 0 aliphatic carbocycles. The van der Waals surface area contributed by atoms with Gasteiger partial charge >= 0.3 is 0 Å². The first-order valence-electron chi connectivity index (χ1n) is 8.34. The number of rotatable bonds is 4. The molecule has 3 nitrogen and oxygen atoms in total. The summed E-state index contributed by atoms with van der Waals surface area (Å²) in [6, 6.07) is 20.8. The van der Waals surface area contributed by atoms with Crippen molar-refractivity contribution in [3.63, 3.8) is 0 Å². The first-order chi connectivity index (χ1) is 13.5. The Morgan fingerprint density at radius 2 is 1.54 bits per heavy atom. The average Bonchev–Trinajstić information content (AvgIpc) is 2.67. The number of aromatic nitrogens is 1. The second-order valence-electron chi connectivity index (χ2n) is 6.05. The zero-order chi connectivity index (χ0) is 19.7. The van der Waals surface area contributed by atoms with E-state index >= 15 is 0 Å². The lowest BCUT2D eigenvalue weighted by Gasteiger charge is -2.15. The van der Waals surface area contributed by atoms with Gasteiger partial charge in [-0.05, 0) is 52.3 Å². The number of hydrogen-bond acceptors (Lipinski definition) is 3. The van der Waals surface area contributed by atoms with Gasteiger partial charge in [0.2, 0.25) is 0 Å². The minimum atomic E-state index is 0.487. The Morgan fingerprint density at radius 3 is 2.32 bits per heavy atom. The lowest BCUT2D eigenvalue weighted by molar-refractivity contribution is 1.36. The number of anilines is 4. The fraction of sp³-hybridized carbons (Fsp3) is 0. The molecule has 0 bridgehead atoms. The molecule has 0 unspecified atom stereocenters. The van der Waals surface area contributed by atoms with Crippen LogP contribution in [0.25, 0.3) is 10.9 Å². The number of para-hydroxylation sites is 2. The summed E-state index contributed by atoms with van der Waals surface area (Å²) in [5.74, 6) is 0.662. The van der Waals surface area contributed by atoms with Gasteiger partial charge in [-0.15, -0.1) is 0 Å². The fourth-order valence-electron chi connectivity index (χ4n) is 2.81. The van der Waals surface area contributed by atoms with Gasteiger partial charge in [-0.2, -0.15) is 0 Å². The molecule has 0 spiro atoms. The molecule has 0 saturated carbocycles. The molecule has 1 aromatic heterocycles. The Hall–Kier alpha value is -1.98. The van der Waals surface area contributed by atoms with Gasteiger partial charge in [0.25, 0.3) is 0 Å². The van der Waals surface area contributed by atoms with E-state index in [1.165, 1.54) is 0 Å². The van der Waals surface area contributed by atoms with Crippen molar-refractivity contribution in [3.8, 4) is 0 Å². The van der Waals surface area contributed by atoms with Crippen molar-refractivity contribution in [1.29, 1.82) is 0 Å². The number of pyridine rings is 1. The minimum absolute atomic E-state index is 0.487. The van der Waals surface area contributed by atoms with Gasteiger partial charge in [0.05, 0.1) is 32.0 Å². The monoisotopic (exact) mass is 491 g/mol. The van der Waals surface area contributed by atoms with Crippen LogP contribution in [0.4, 0.5) is 22.9 Å². The van der Waals surface area contributed by atoms with Crippen LogP contribution < -0.4 is 10.6 Å². The molecule has 0 amide bonds. The van der Waals surface area contributed by atoms with Crippen LogP contribution in [0.5, 0.6) is 0 Å². The summed E-state index contributed by atoms with van der Waals surface area (Å²) in [7, 11) is 0. The van der Waals surface area contributed by atoms with Gasteiger partial charge in [-0.25, -0.2) is 4.98 Å². The highest BCUT2D eigenvalue weighted by Gasteiger charge is 2.11. The predicted molar refractivity (Wildman–Crippen MR) is 124 cm³/mol. The maximum Gasteiger partial charge on any atom is 0.133 e. The molecule has 7 heteroatoms. The van der Waals surface area contributed by atoms with Crippen molar-refractivity contribution in [2.24, 2.45) is 0 Å². The van der Waals surface area contributed by atoms with Crippen LogP contribution >= 0.6 is 50.7 Å². The summed E-state index contributed by atoms with van der Waals surface area (Å²) in [5.41, 5.74) is 3.30. The zero-order valence-electron chi connectivity index (χ0n) is 14.3. The van der Waals surface area contributed by atoms with E-state index in [0.29, 0.717) is 20.9 Å². The van der Waals surface area contributed by atoms with Crippen molar-refractivity contribution in [2.75, 3.05) is 10.6 Å². The molecular formula is C21H13BrCl3N3. The second-order valence-corrected chi connectivity index (χ2v) is 8.13. The molecule has 0 atom stereocenters. The van der Waals surface area contributed by atoms with Crippen LogP contribution in [0.3, 0.4) is 0 Å². The van der Waals surface area contributed by atoms with E-state index in [9.17, 15) is 0 Å². The Kier molecular flexibility index (Phi) is 5.65. The normalized spacial score (nSPS) is 10.9. The van der Waals surface area contributed by atoms with Gasteiger partial charge < -0.3 is 10.6 Å².